The maximum Gasteiger partial charge on any atom is 0.126 e. The summed E-state index contributed by atoms with van der Waals surface area (Å²) in [5.41, 5.74) is 2.24. The predicted molar refractivity (Wildman–Crippen MR) is 71.0 cm³/mol. The average molecular weight is 264 g/mol. The minimum atomic E-state index is -0.846. The molecule has 0 saturated heterocycles. The van der Waals surface area contributed by atoms with Crippen molar-refractivity contribution in [3.63, 3.8) is 0 Å². The van der Waals surface area contributed by atoms with E-state index in [9.17, 15) is 5.11 Å². The molecule has 0 amide bonds. The van der Waals surface area contributed by atoms with Crippen molar-refractivity contribution in [2.24, 2.45) is 0 Å². The summed E-state index contributed by atoms with van der Waals surface area (Å²) >= 11 is 6.13. The number of halogens is 1. The number of hydrogen-bond acceptors (Lipinski definition) is 3. The van der Waals surface area contributed by atoms with E-state index in [0.717, 1.165) is 5.56 Å². The number of aliphatic hydroxyl groups is 1. The zero-order valence-corrected chi connectivity index (χ0v) is 11.0. The molecule has 1 unspecified atom stereocenters. The van der Waals surface area contributed by atoms with E-state index in [0.29, 0.717) is 21.9 Å². The van der Waals surface area contributed by atoms with Gasteiger partial charge in [-0.05, 0) is 24.6 Å². The molecule has 1 N–H and O–H groups in total. The van der Waals surface area contributed by atoms with Gasteiger partial charge in [0.2, 0.25) is 0 Å². The topological polar surface area (TPSA) is 42.4 Å². The number of aromatic nitrogens is 1. The molecule has 94 valence electrons. The van der Waals surface area contributed by atoms with E-state index < -0.39 is 6.10 Å². The Kier molecular flexibility index (Phi) is 3.84. The maximum atomic E-state index is 10.4. The number of rotatable bonds is 3. The molecule has 0 fully saturated rings. The number of benzene rings is 1. The van der Waals surface area contributed by atoms with Crippen LogP contribution in [0.3, 0.4) is 0 Å². The number of aryl methyl sites for hydroxylation is 1. The number of aliphatic hydroxyl groups excluding tert-OH is 1. The van der Waals surface area contributed by atoms with Crippen molar-refractivity contribution in [2.75, 3.05) is 7.11 Å². The normalized spacial score (nSPS) is 12.2. The molecule has 0 aliphatic carbocycles. The summed E-state index contributed by atoms with van der Waals surface area (Å²) < 4.78 is 5.23. The molecule has 1 heterocycles. The lowest BCUT2D eigenvalue weighted by atomic mass is 10.0. The third-order valence-corrected chi connectivity index (χ3v) is 3.05. The predicted octanol–water partition coefficient (Wildman–Crippen LogP) is 3.13. The van der Waals surface area contributed by atoms with Gasteiger partial charge in [-0.1, -0.05) is 23.7 Å². The molecule has 1 aromatic carbocycles. The van der Waals surface area contributed by atoms with Gasteiger partial charge in [-0.3, -0.25) is 4.98 Å². The molecular formula is C14H14ClNO2. The first-order valence-electron chi connectivity index (χ1n) is 5.55. The molecule has 1 aromatic heterocycles. The van der Waals surface area contributed by atoms with E-state index in [4.69, 9.17) is 16.3 Å². The van der Waals surface area contributed by atoms with E-state index in [1.54, 1.807) is 37.7 Å². The second-order valence-corrected chi connectivity index (χ2v) is 4.46. The van der Waals surface area contributed by atoms with Gasteiger partial charge in [0, 0.05) is 23.5 Å². The first kappa shape index (κ1) is 12.9. The summed E-state index contributed by atoms with van der Waals surface area (Å²) in [4.78, 5) is 4.07. The van der Waals surface area contributed by atoms with Gasteiger partial charge in [-0.25, -0.2) is 0 Å². The number of nitrogens with zero attached hydrogens (tertiary/aromatic N) is 1. The highest BCUT2D eigenvalue weighted by atomic mass is 35.5. The van der Waals surface area contributed by atoms with Gasteiger partial charge >= 0.3 is 0 Å². The van der Waals surface area contributed by atoms with Crippen LogP contribution in [0.5, 0.6) is 5.75 Å². The Morgan fingerprint density at radius 2 is 2.11 bits per heavy atom. The quantitative estimate of drug-likeness (QED) is 0.925. The third kappa shape index (κ3) is 2.47. The van der Waals surface area contributed by atoms with Crippen LogP contribution in [-0.2, 0) is 0 Å². The maximum absolute atomic E-state index is 10.4. The first-order chi connectivity index (χ1) is 8.63. The number of ether oxygens (including phenoxy) is 1. The van der Waals surface area contributed by atoms with E-state index in [1.807, 2.05) is 13.0 Å². The Bertz CT molecular complexity index is 557. The van der Waals surface area contributed by atoms with E-state index >= 15 is 0 Å². The molecule has 0 bridgehead atoms. The number of hydrogen-bond donors (Lipinski definition) is 1. The van der Waals surface area contributed by atoms with Crippen LogP contribution in [0.2, 0.25) is 5.02 Å². The van der Waals surface area contributed by atoms with Crippen molar-refractivity contribution in [2.45, 2.75) is 13.0 Å². The lowest BCUT2D eigenvalue weighted by molar-refractivity contribution is 0.214. The zero-order valence-electron chi connectivity index (χ0n) is 10.2. The summed E-state index contributed by atoms with van der Waals surface area (Å²) in [6.07, 6.45) is 2.52. The Balaban J connectivity index is 2.48. The Hall–Kier alpha value is -1.58. The van der Waals surface area contributed by atoms with Gasteiger partial charge in [0.25, 0.3) is 0 Å². The van der Waals surface area contributed by atoms with Crippen molar-refractivity contribution in [1.82, 2.24) is 4.98 Å². The van der Waals surface area contributed by atoms with Crippen LogP contribution in [0.25, 0.3) is 0 Å². The Morgan fingerprint density at radius 3 is 2.78 bits per heavy atom. The van der Waals surface area contributed by atoms with Gasteiger partial charge in [0.1, 0.15) is 11.9 Å². The summed E-state index contributed by atoms with van der Waals surface area (Å²) in [7, 11) is 1.55. The van der Waals surface area contributed by atoms with Crippen LogP contribution in [0, 0.1) is 6.92 Å². The molecule has 3 nitrogen and oxygen atoms in total. The highest BCUT2D eigenvalue weighted by Crippen LogP contribution is 2.35. The van der Waals surface area contributed by atoms with Crippen molar-refractivity contribution >= 4 is 11.6 Å². The molecule has 0 spiro atoms. The highest BCUT2D eigenvalue weighted by molar-refractivity contribution is 6.31. The monoisotopic (exact) mass is 263 g/mol. The van der Waals surface area contributed by atoms with E-state index in [-0.39, 0.29) is 0 Å². The van der Waals surface area contributed by atoms with Crippen LogP contribution < -0.4 is 4.74 Å². The van der Waals surface area contributed by atoms with Crippen LogP contribution >= 0.6 is 11.6 Å². The lowest BCUT2D eigenvalue weighted by Crippen LogP contribution is -2.04. The van der Waals surface area contributed by atoms with E-state index in [1.165, 1.54) is 0 Å². The second-order valence-electron chi connectivity index (χ2n) is 4.05. The molecule has 4 heteroatoms. The van der Waals surface area contributed by atoms with Gasteiger partial charge in [-0.2, -0.15) is 0 Å². The number of methoxy groups -OCH3 is 1. The molecule has 0 aliphatic heterocycles. The van der Waals surface area contributed by atoms with Gasteiger partial charge in [0.05, 0.1) is 12.1 Å². The van der Waals surface area contributed by atoms with Crippen LogP contribution in [0.4, 0.5) is 0 Å². The molecule has 2 rings (SSSR count). The average Bonchev–Trinajstić information content (AvgIpc) is 2.37. The van der Waals surface area contributed by atoms with Crippen molar-refractivity contribution in [3.05, 3.63) is 58.4 Å². The third-order valence-electron chi connectivity index (χ3n) is 2.72. The highest BCUT2D eigenvalue weighted by Gasteiger charge is 2.19. The standard InChI is InChI=1S/C14H14ClNO2/c1-9-6-10(8-16-7-9)14(17)13-11(15)4-3-5-12(13)18-2/h3-8,14,17H,1-2H3. The fourth-order valence-electron chi connectivity index (χ4n) is 1.86. The lowest BCUT2D eigenvalue weighted by Gasteiger charge is -2.16. The van der Waals surface area contributed by atoms with Crippen LogP contribution in [0.1, 0.15) is 22.8 Å². The molecule has 0 saturated carbocycles. The molecule has 2 aromatic rings. The largest absolute Gasteiger partial charge is 0.496 e. The number of pyridine rings is 1. The fourth-order valence-corrected chi connectivity index (χ4v) is 2.12. The molecule has 1 atom stereocenters. The van der Waals surface area contributed by atoms with Crippen LogP contribution in [0.15, 0.2) is 36.7 Å². The SMILES string of the molecule is COc1cccc(Cl)c1C(O)c1cncc(C)c1. The summed E-state index contributed by atoms with van der Waals surface area (Å²) in [6, 6.07) is 7.16. The summed E-state index contributed by atoms with van der Waals surface area (Å²) in [5, 5.41) is 10.9. The molecule has 0 radical (unpaired) electrons. The van der Waals surface area contributed by atoms with Crippen LogP contribution in [-0.4, -0.2) is 17.2 Å². The van der Waals surface area contributed by atoms with E-state index in [2.05, 4.69) is 4.98 Å². The smallest absolute Gasteiger partial charge is 0.126 e. The first-order valence-corrected chi connectivity index (χ1v) is 5.93. The summed E-state index contributed by atoms with van der Waals surface area (Å²) in [5.74, 6) is 0.566. The minimum Gasteiger partial charge on any atom is -0.496 e. The summed E-state index contributed by atoms with van der Waals surface area (Å²) in [6.45, 7) is 1.92. The zero-order chi connectivity index (χ0) is 13.1. The van der Waals surface area contributed by atoms with Crippen molar-refractivity contribution in [1.29, 1.82) is 0 Å². The van der Waals surface area contributed by atoms with Gasteiger partial charge < -0.3 is 9.84 Å². The Labute approximate surface area is 111 Å². The molecule has 18 heavy (non-hydrogen) atoms. The van der Waals surface area contributed by atoms with Crippen molar-refractivity contribution < 1.29 is 9.84 Å². The Morgan fingerprint density at radius 1 is 1.33 bits per heavy atom. The second kappa shape index (κ2) is 5.38. The van der Waals surface area contributed by atoms with Gasteiger partial charge in [-0.15, -0.1) is 0 Å². The van der Waals surface area contributed by atoms with Crippen molar-refractivity contribution in [3.8, 4) is 5.75 Å². The van der Waals surface area contributed by atoms with Gasteiger partial charge in [0.15, 0.2) is 0 Å². The minimum absolute atomic E-state index is 0.475. The fraction of sp³-hybridized carbons (Fsp3) is 0.214. The molecule has 0 aliphatic rings. The molecular weight excluding hydrogens is 250 g/mol.